The molecular weight excluding hydrogens is 1080 g/mol. The van der Waals surface area contributed by atoms with Crippen molar-refractivity contribution in [2.24, 2.45) is 11.8 Å². The molecule has 6 fully saturated rings. The van der Waals surface area contributed by atoms with Crippen LogP contribution in [0.4, 0.5) is 11.4 Å². The molecule has 11 rings (SSSR count). The fraction of sp³-hybridized carbons (Fsp3) is 0.393. The quantitative estimate of drug-likeness (QED) is 0.0729. The van der Waals surface area contributed by atoms with Crippen LogP contribution < -0.4 is 28.2 Å². The third kappa shape index (κ3) is 8.35. The molecule has 386 valence electrons. The maximum absolute atomic E-state index is 14.4. The molecule has 18 heteroatoms. The Morgan fingerprint density at radius 2 is 0.946 bits per heavy atom. The molecule has 5 aromatic rings. The average molecular weight is 1140 g/mol. The van der Waals surface area contributed by atoms with Gasteiger partial charge in [-0.15, -0.1) is 0 Å². The Kier molecular flexibility index (Phi) is 14.0. The Balaban J connectivity index is 0.890. The third-order valence-electron chi connectivity index (χ3n) is 15.6. The Labute approximate surface area is 442 Å². The van der Waals surface area contributed by atoms with E-state index in [0.717, 1.165) is 8.92 Å². The molecule has 6 heterocycles. The van der Waals surface area contributed by atoms with Crippen LogP contribution in [0, 0.1) is 11.8 Å². The van der Waals surface area contributed by atoms with Crippen LogP contribution in [0.3, 0.4) is 0 Å². The summed E-state index contributed by atoms with van der Waals surface area (Å²) < 4.78 is 24.5. The van der Waals surface area contributed by atoms with Gasteiger partial charge in [-0.3, -0.25) is 0 Å². The minimum absolute atomic E-state index is 0.0231. The standard InChI is InChI=1S/C56H58N4O12Se2/c1-5-69-53(65)55(29-41-47-45(51(63)57(47)35-21-25-37(67-3)26-22-35)43(59(41)71-55)31-73-39-13-9-7-10-14-39)49(61)33-17-19-34(20-18-33)50(62)56(54(66)70-6-2)30-42-48-46(52(64)58(48)36-23-27-38(68-4)28-24-36)44(60(42)72-56)32-74-40-15-11-8-12-16-40/h7-28,41-50,61-62H,5-6,29-32H2,1-4H3/t41-,42-,43-,44-,45-,46-,47+,48+,49-,50-,55+,56+/m1/s1. The van der Waals surface area contributed by atoms with Crippen LogP contribution in [0.25, 0.3) is 0 Å². The van der Waals surface area contributed by atoms with Crippen LogP contribution in [0.15, 0.2) is 133 Å². The molecule has 0 unspecified atom stereocenters. The van der Waals surface area contributed by atoms with Gasteiger partial charge < -0.3 is 0 Å². The maximum atomic E-state index is 14.4. The summed E-state index contributed by atoms with van der Waals surface area (Å²) in [5.74, 6) is -1.03. The number of ether oxygens (including phenoxy) is 4. The molecule has 74 heavy (non-hydrogen) atoms. The van der Waals surface area contributed by atoms with Gasteiger partial charge in [0.15, 0.2) is 0 Å². The van der Waals surface area contributed by atoms with Crippen molar-refractivity contribution < 1.29 is 58.0 Å². The molecule has 16 nitrogen and oxygen atoms in total. The Morgan fingerprint density at radius 3 is 1.28 bits per heavy atom. The topological polar surface area (TPSA) is 177 Å². The molecule has 12 atom stereocenters. The van der Waals surface area contributed by atoms with E-state index in [4.69, 9.17) is 28.6 Å². The average Bonchev–Trinajstić information content (AvgIpc) is 4.16. The van der Waals surface area contributed by atoms with Gasteiger partial charge in [-0.1, -0.05) is 0 Å². The van der Waals surface area contributed by atoms with Crippen LogP contribution in [-0.4, -0.2) is 149 Å². The first-order chi connectivity index (χ1) is 36.0. The fourth-order valence-corrected chi connectivity index (χ4v) is 16.6. The van der Waals surface area contributed by atoms with Gasteiger partial charge in [-0.25, -0.2) is 0 Å². The van der Waals surface area contributed by atoms with E-state index in [0.29, 0.717) is 44.6 Å². The summed E-state index contributed by atoms with van der Waals surface area (Å²) in [5.41, 5.74) is -1.80. The molecule has 0 bridgehead atoms. The van der Waals surface area contributed by atoms with Gasteiger partial charge in [0.1, 0.15) is 0 Å². The number of β-lactam (4-membered cyclic amide) rings is 2. The second-order valence-corrected chi connectivity index (χ2v) is 24.0. The number of carbonyl (C=O) groups excluding carboxylic acids is 4. The van der Waals surface area contributed by atoms with E-state index in [-0.39, 0.29) is 92.0 Å². The van der Waals surface area contributed by atoms with Crippen LogP contribution in [-0.2, 0) is 38.3 Å². The molecule has 6 aliphatic heterocycles. The number of hydrogen-bond acceptors (Lipinski definition) is 14. The van der Waals surface area contributed by atoms with E-state index in [1.165, 1.54) is 0 Å². The number of aliphatic hydroxyl groups excluding tert-OH is 2. The monoisotopic (exact) mass is 1140 g/mol. The predicted octanol–water partition coefficient (Wildman–Crippen LogP) is 4.11. The van der Waals surface area contributed by atoms with Gasteiger partial charge in [-0.2, -0.15) is 0 Å². The first-order valence-corrected chi connectivity index (χ1v) is 29.2. The van der Waals surface area contributed by atoms with E-state index in [2.05, 4.69) is 24.3 Å². The van der Waals surface area contributed by atoms with E-state index in [9.17, 15) is 29.4 Å². The van der Waals surface area contributed by atoms with Gasteiger partial charge in [0.2, 0.25) is 0 Å². The van der Waals surface area contributed by atoms with E-state index < -0.39 is 59.3 Å². The van der Waals surface area contributed by atoms with Gasteiger partial charge in [0.05, 0.1) is 0 Å². The van der Waals surface area contributed by atoms with Crippen LogP contribution in [0.5, 0.6) is 11.5 Å². The molecule has 0 aliphatic carbocycles. The SMILES string of the molecule is CCOC(=O)[C@@]1([C@H](O)c2ccc([C@@H](O)[C@]3(C(=O)OCC)C[C@@H]4[C@H]5[C@H](C(=O)N5c5ccc(OC)cc5)[C@@H](C[Se]c5ccccc5)N4O3)cc2)C[C@@H]2[C@H]3[C@H](C(=O)N3c3ccc(OC)cc3)[C@@H](C[Se]c3ccccc3)N2O1. The van der Waals surface area contributed by atoms with Crippen molar-refractivity contribution in [3.05, 3.63) is 145 Å². The number of rotatable bonds is 18. The van der Waals surface area contributed by atoms with E-state index in [1.807, 2.05) is 84.9 Å². The molecule has 6 saturated heterocycles. The zero-order chi connectivity index (χ0) is 51.5. The summed E-state index contributed by atoms with van der Waals surface area (Å²) in [6.45, 7) is 3.46. The van der Waals surface area contributed by atoms with Crippen molar-refractivity contribution in [3.8, 4) is 11.5 Å². The number of benzene rings is 5. The van der Waals surface area contributed by atoms with Gasteiger partial charge >= 0.3 is 444 Å². The normalized spacial score (nSPS) is 29.6. The molecule has 5 aromatic carbocycles. The molecule has 2 amide bonds. The summed E-state index contributed by atoms with van der Waals surface area (Å²) in [6.07, 6.45) is -3.07. The second kappa shape index (κ2) is 20.5. The first kappa shape index (κ1) is 50.5. The summed E-state index contributed by atoms with van der Waals surface area (Å²) in [5, 5.41) is 30.0. The molecular formula is C56H58N4O12Se2. The number of fused-ring (bicyclic) bond motifs is 6. The Hall–Kier alpha value is -5.62. The van der Waals surface area contributed by atoms with Gasteiger partial charge in [0.25, 0.3) is 0 Å². The summed E-state index contributed by atoms with van der Waals surface area (Å²) in [6, 6.07) is 38.8. The van der Waals surface area contributed by atoms with Crippen LogP contribution >= 0.6 is 0 Å². The molecule has 0 spiro atoms. The fourth-order valence-electron chi connectivity index (χ4n) is 12.1. The van der Waals surface area contributed by atoms with Crippen molar-refractivity contribution >= 4 is 74.0 Å². The first-order valence-electron chi connectivity index (χ1n) is 25.0. The number of methoxy groups -OCH3 is 2. The Bertz CT molecular complexity index is 2680. The number of carbonyl (C=O) groups is 4. The van der Waals surface area contributed by atoms with Crippen LogP contribution in [0.2, 0.25) is 10.6 Å². The van der Waals surface area contributed by atoms with Crippen LogP contribution in [0.1, 0.15) is 50.0 Å². The molecule has 2 N–H and O–H groups in total. The Morgan fingerprint density at radius 1 is 0.581 bits per heavy atom. The third-order valence-corrected chi connectivity index (χ3v) is 20.3. The summed E-state index contributed by atoms with van der Waals surface area (Å²) >= 11 is -0.0905. The molecule has 6 aliphatic rings. The second-order valence-electron chi connectivity index (χ2n) is 19.4. The number of esters is 2. The number of hydrogen-bond donors (Lipinski definition) is 2. The zero-order valence-corrected chi connectivity index (χ0v) is 44.7. The number of aliphatic hydroxyl groups is 2. The summed E-state index contributed by atoms with van der Waals surface area (Å²) in [7, 11) is 3.17. The van der Waals surface area contributed by atoms with Crippen molar-refractivity contribution in [2.45, 2.75) is 97.0 Å². The number of anilines is 2. The zero-order valence-electron chi connectivity index (χ0n) is 41.3. The van der Waals surface area contributed by atoms with Gasteiger partial charge in [0, 0.05) is 0 Å². The predicted molar refractivity (Wildman–Crippen MR) is 274 cm³/mol. The van der Waals surface area contributed by atoms with E-state index in [1.54, 1.807) is 72.3 Å². The van der Waals surface area contributed by atoms with Gasteiger partial charge in [-0.05, 0) is 0 Å². The van der Waals surface area contributed by atoms with Crippen molar-refractivity contribution in [1.29, 1.82) is 0 Å². The number of nitrogens with zero attached hydrogens (tertiary/aromatic N) is 4. The number of amides is 2. The van der Waals surface area contributed by atoms with Crippen molar-refractivity contribution in [3.63, 3.8) is 0 Å². The van der Waals surface area contributed by atoms with E-state index >= 15 is 0 Å². The molecule has 0 aromatic heterocycles. The molecule has 0 saturated carbocycles. The minimum atomic E-state index is -1.90. The summed E-state index contributed by atoms with van der Waals surface area (Å²) in [4.78, 5) is 74.4. The number of hydroxylamine groups is 4. The molecule has 0 radical (unpaired) electrons. The van der Waals surface area contributed by atoms with Crippen molar-refractivity contribution in [1.82, 2.24) is 10.1 Å². The van der Waals surface area contributed by atoms with Crippen molar-refractivity contribution in [2.75, 3.05) is 37.2 Å².